The number of rotatable bonds is 4. The molecule has 17 heavy (non-hydrogen) atoms. The molecule has 0 aliphatic heterocycles. The molecule has 0 saturated carbocycles. The van der Waals surface area contributed by atoms with E-state index in [4.69, 9.17) is 16.7 Å². The van der Waals surface area contributed by atoms with E-state index in [9.17, 15) is 9.18 Å². The second-order valence-electron chi connectivity index (χ2n) is 4.17. The van der Waals surface area contributed by atoms with E-state index in [1.54, 1.807) is 6.92 Å². The van der Waals surface area contributed by atoms with Crippen molar-refractivity contribution in [3.8, 4) is 5.75 Å². The molecule has 0 spiro atoms. The SMILES string of the molecule is CCC(C)(CCl)NC(=O)c1ccc(O)cc1F. The van der Waals surface area contributed by atoms with Crippen molar-refractivity contribution in [3.05, 3.63) is 29.6 Å². The molecule has 3 nitrogen and oxygen atoms in total. The predicted octanol–water partition coefficient (Wildman–Crippen LogP) is 2.67. The number of carbonyl (C=O) groups is 1. The van der Waals surface area contributed by atoms with Gasteiger partial charge in [-0.2, -0.15) is 0 Å². The number of alkyl halides is 1. The summed E-state index contributed by atoms with van der Waals surface area (Å²) in [6.45, 7) is 3.67. The lowest BCUT2D eigenvalue weighted by Gasteiger charge is -2.27. The number of hydrogen-bond donors (Lipinski definition) is 2. The molecular weight excluding hydrogens is 245 g/mol. The zero-order valence-corrected chi connectivity index (χ0v) is 10.5. The lowest BCUT2D eigenvalue weighted by molar-refractivity contribution is 0.0908. The Morgan fingerprint density at radius 1 is 1.59 bits per heavy atom. The fourth-order valence-corrected chi connectivity index (χ4v) is 1.50. The molecule has 1 atom stereocenters. The third-order valence-corrected chi connectivity index (χ3v) is 3.28. The first kappa shape index (κ1) is 13.8. The van der Waals surface area contributed by atoms with Crippen LogP contribution in [0.3, 0.4) is 0 Å². The van der Waals surface area contributed by atoms with Gasteiger partial charge in [0.2, 0.25) is 0 Å². The molecule has 1 aromatic rings. The fourth-order valence-electron chi connectivity index (χ4n) is 1.25. The Hall–Kier alpha value is -1.29. The standard InChI is InChI=1S/C12H15ClFNO2/c1-3-12(2,7-13)15-11(17)9-5-4-8(16)6-10(9)14/h4-6,16H,3,7H2,1-2H3,(H,15,17). The number of carbonyl (C=O) groups excluding carboxylic acids is 1. The van der Waals surface area contributed by atoms with Crippen molar-refractivity contribution in [2.24, 2.45) is 0 Å². The highest BCUT2D eigenvalue weighted by atomic mass is 35.5. The average Bonchev–Trinajstić information content (AvgIpc) is 2.28. The van der Waals surface area contributed by atoms with E-state index in [0.29, 0.717) is 6.42 Å². The maximum Gasteiger partial charge on any atom is 0.254 e. The summed E-state index contributed by atoms with van der Waals surface area (Å²) in [6, 6.07) is 3.41. The van der Waals surface area contributed by atoms with Gasteiger partial charge < -0.3 is 10.4 Å². The van der Waals surface area contributed by atoms with Crippen LogP contribution in [0.2, 0.25) is 0 Å². The van der Waals surface area contributed by atoms with E-state index < -0.39 is 17.3 Å². The number of halogens is 2. The Labute approximate surface area is 105 Å². The maximum absolute atomic E-state index is 13.4. The van der Waals surface area contributed by atoms with Crippen LogP contribution in [0.25, 0.3) is 0 Å². The highest BCUT2D eigenvalue weighted by molar-refractivity contribution is 6.18. The van der Waals surface area contributed by atoms with Gasteiger partial charge in [0.15, 0.2) is 0 Å². The highest BCUT2D eigenvalue weighted by Gasteiger charge is 2.25. The van der Waals surface area contributed by atoms with E-state index in [1.165, 1.54) is 12.1 Å². The van der Waals surface area contributed by atoms with Crippen molar-refractivity contribution in [2.75, 3.05) is 5.88 Å². The predicted molar refractivity (Wildman–Crippen MR) is 64.9 cm³/mol. The smallest absolute Gasteiger partial charge is 0.254 e. The molecular formula is C12H15ClFNO2. The minimum absolute atomic E-state index is 0.104. The third-order valence-electron chi connectivity index (χ3n) is 2.69. The largest absolute Gasteiger partial charge is 0.508 e. The minimum atomic E-state index is -0.754. The highest BCUT2D eigenvalue weighted by Crippen LogP contribution is 2.17. The molecule has 0 aliphatic rings. The van der Waals surface area contributed by atoms with Gasteiger partial charge in [-0.05, 0) is 25.5 Å². The van der Waals surface area contributed by atoms with Crippen LogP contribution in [-0.4, -0.2) is 22.4 Å². The van der Waals surface area contributed by atoms with E-state index in [2.05, 4.69) is 5.32 Å². The van der Waals surface area contributed by atoms with Crippen LogP contribution >= 0.6 is 11.6 Å². The minimum Gasteiger partial charge on any atom is -0.508 e. The summed E-state index contributed by atoms with van der Waals surface area (Å²) in [5, 5.41) is 11.7. The summed E-state index contributed by atoms with van der Waals surface area (Å²) in [7, 11) is 0. The summed E-state index contributed by atoms with van der Waals surface area (Å²) >= 11 is 5.76. The van der Waals surface area contributed by atoms with Gasteiger partial charge in [-0.1, -0.05) is 6.92 Å². The molecule has 1 amide bonds. The molecule has 0 fully saturated rings. The van der Waals surface area contributed by atoms with E-state index >= 15 is 0 Å². The normalized spacial score (nSPS) is 14.1. The Morgan fingerprint density at radius 3 is 2.71 bits per heavy atom. The average molecular weight is 260 g/mol. The van der Waals surface area contributed by atoms with E-state index in [-0.39, 0.29) is 17.2 Å². The number of aromatic hydroxyl groups is 1. The van der Waals surface area contributed by atoms with Crippen molar-refractivity contribution >= 4 is 17.5 Å². The Balaban J connectivity index is 2.90. The molecule has 0 aliphatic carbocycles. The molecule has 1 rings (SSSR count). The first-order valence-corrected chi connectivity index (χ1v) is 5.82. The van der Waals surface area contributed by atoms with Crippen molar-refractivity contribution in [3.63, 3.8) is 0 Å². The van der Waals surface area contributed by atoms with E-state index in [0.717, 1.165) is 6.07 Å². The fraction of sp³-hybridized carbons (Fsp3) is 0.417. The quantitative estimate of drug-likeness (QED) is 0.817. The van der Waals surface area contributed by atoms with Crippen LogP contribution in [-0.2, 0) is 0 Å². The Kier molecular flexibility index (Phi) is 4.34. The van der Waals surface area contributed by atoms with Crippen LogP contribution in [0, 0.1) is 5.82 Å². The molecule has 1 aromatic carbocycles. The first-order valence-electron chi connectivity index (χ1n) is 5.29. The van der Waals surface area contributed by atoms with Gasteiger partial charge in [-0.25, -0.2) is 4.39 Å². The second-order valence-corrected chi connectivity index (χ2v) is 4.43. The topological polar surface area (TPSA) is 49.3 Å². The zero-order chi connectivity index (χ0) is 13.1. The number of phenols is 1. The van der Waals surface area contributed by atoms with Crippen molar-refractivity contribution in [2.45, 2.75) is 25.8 Å². The molecule has 0 aromatic heterocycles. The third kappa shape index (κ3) is 3.33. The molecule has 0 radical (unpaired) electrons. The number of benzene rings is 1. The molecule has 94 valence electrons. The van der Waals surface area contributed by atoms with Crippen molar-refractivity contribution in [1.82, 2.24) is 5.32 Å². The van der Waals surface area contributed by atoms with Gasteiger partial charge in [-0.3, -0.25) is 4.79 Å². The molecule has 1 unspecified atom stereocenters. The Morgan fingerprint density at radius 2 is 2.24 bits per heavy atom. The van der Waals surface area contributed by atoms with Crippen molar-refractivity contribution in [1.29, 1.82) is 0 Å². The van der Waals surface area contributed by atoms with Gasteiger partial charge >= 0.3 is 0 Å². The van der Waals surface area contributed by atoms with Gasteiger partial charge in [0.05, 0.1) is 11.1 Å². The zero-order valence-electron chi connectivity index (χ0n) is 9.76. The van der Waals surface area contributed by atoms with Gasteiger partial charge in [0.1, 0.15) is 11.6 Å². The van der Waals surface area contributed by atoms with Crippen LogP contribution < -0.4 is 5.32 Å². The first-order chi connectivity index (χ1) is 7.91. The van der Waals surface area contributed by atoms with Crippen LogP contribution in [0.1, 0.15) is 30.6 Å². The summed E-state index contributed by atoms with van der Waals surface area (Å²) in [5.74, 6) is -1.26. The maximum atomic E-state index is 13.4. The Bertz CT molecular complexity index is 419. The molecule has 2 N–H and O–H groups in total. The molecule has 5 heteroatoms. The second kappa shape index (κ2) is 5.36. The number of amides is 1. The van der Waals surface area contributed by atoms with Crippen LogP contribution in [0.15, 0.2) is 18.2 Å². The number of hydrogen-bond acceptors (Lipinski definition) is 2. The lowest BCUT2D eigenvalue weighted by Crippen LogP contribution is -2.47. The molecule has 0 heterocycles. The number of nitrogens with one attached hydrogen (secondary N) is 1. The van der Waals surface area contributed by atoms with Gasteiger partial charge in [0, 0.05) is 11.9 Å². The van der Waals surface area contributed by atoms with Gasteiger partial charge in [-0.15, -0.1) is 11.6 Å². The summed E-state index contributed by atoms with van der Waals surface area (Å²) in [4.78, 5) is 11.8. The molecule has 0 bridgehead atoms. The lowest BCUT2D eigenvalue weighted by atomic mass is 10.0. The van der Waals surface area contributed by atoms with Crippen molar-refractivity contribution < 1.29 is 14.3 Å². The summed E-state index contributed by atoms with van der Waals surface area (Å²) < 4.78 is 13.4. The summed E-state index contributed by atoms with van der Waals surface area (Å²) in [5.41, 5.74) is -0.671. The van der Waals surface area contributed by atoms with E-state index in [1.807, 2.05) is 6.92 Å². The monoisotopic (exact) mass is 259 g/mol. The van der Waals surface area contributed by atoms with Gasteiger partial charge in [0.25, 0.3) is 5.91 Å². The van der Waals surface area contributed by atoms with Crippen LogP contribution in [0.5, 0.6) is 5.75 Å². The van der Waals surface area contributed by atoms with Crippen LogP contribution in [0.4, 0.5) is 4.39 Å². The summed E-state index contributed by atoms with van der Waals surface area (Å²) in [6.07, 6.45) is 0.641. The molecule has 0 saturated heterocycles. The number of phenolic OH excluding ortho intramolecular Hbond substituents is 1.